The van der Waals surface area contributed by atoms with Crippen molar-refractivity contribution in [2.75, 3.05) is 20.0 Å². The molecule has 2 rings (SSSR count). The number of hydrogen-bond acceptors (Lipinski definition) is 5. The minimum atomic E-state index is -4.37. The molecule has 0 spiro atoms. The van der Waals surface area contributed by atoms with Crippen LogP contribution in [0.1, 0.15) is 0 Å². The second-order valence-electron chi connectivity index (χ2n) is 5.13. The molecule has 0 saturated carbocycles. The van der Waals surface area contributed by atoms with Crippen molar-refractivity contribution in [2.45, 2.75) is 20.8 Å². The first-order chi connectivity index (χ1) is 14.1. The lowest BCUT2D eigenvalue weighted by atomic mass is 10.3. The second kappa shape index (κ2) is 12.0. The van der Waals surface area contributed by atoms with Crippen molar-refractivity contribution < 1.29 is 35.8 Å². The molecule has 0 saturated heterocycles. The summed E-state index contributed by atoms with van der Waals surface area (Å²) in [4.78, 5) is -0.0331. The van der Waals surface area contributed by atoms with Gasteiger partial charge in [-0.15, -0.1) is 0 Å². The van der Waals surface area contributed by atoms with E-state index in [0.29, 0.717) is 23.6 Å². The fourth-order valence-electron chi connectivity index (χ4n) is 1.92. The summed E-state index contributed by atoms with van der Waals surface area (Å²) in [6.45, 7) is 0. The van der Waals surface area contributed by atoms with Crippen molar-refractivity contribution in [3.8, 4) is 11.5 Å². The quantitative estimate of drug-likeness (QED) is 0.192. The number of alkyl halides is 6. The van der Waals surface area contributed by atoms with Crippen LogP contribution in [0.2, 0.25) is 0 Å². The summed E-state index contributed by atoms with van der Waals surface area (Å²) in [7, 11) is 2.61. The van der Waals surface area contributed by atoms with Gasteiger partial charge in [-0.2, -0.15) is 26.3 Å². The molecule has 31 heavy (non-hydrogen) atoms. The van der Waals surface area contributed by atoms with Crippen LogP contribution in [0.5, 0.6) is 11.5 Å². The summed E-state index contributed by atoms with van der Waals surface area (Å²) >= 11 is 12.0. The maximum Gasteiger partial charge on any atom is 0.446 e. The van der Waals surface area contributed by atoms with Crippen LogP contribution in [0.15, 0.2) is 45.9 Å². The van der Waals surface area contributed by atoms with Gasteiger partial charge in [-0.05, 0) is 89.5 Å². The van der Waals surface area contributed by atoms with E-state index in [1.54, 1.807) is 6.07 Å². The molecule has 0 aliphatic carbocycles. The molecular weight excluding hydrogens is 736 g/mol. The predicted octanol–water partition coefficient (Wildman–Crippen LogP) is 9.25. The highest BCUT2D eigenvalue weighted by atomic mass is 79.9. The Kier molecular flexibility index (Phi) is 11.2. The number of benzene rings is 2. The average molecular weight is 747 g/mol. The molecule has 0 aliphatic heterocycles. The highest BCUT2D eigenvalue weighted by Gasteiger charge is 2.32. The Morgan fingerprint density at radius 1 is 0.742 bits per heavy atom. The zero-order chi connectivity index (χ0) is 24.1. The normalized spacial score (nSPS) is 11.6. The van der Waals surface area contributed by atoms with E-state index in [1.807, 2.05) is 0 Å². The molecule has 0 heterocycles. The SMILES string of the molecule is COc1c(Br)cc(Br)cc1SC(F)(F)F.COc1c(SC(F)(F)F)cc(Br)c(N)c1Br. The molecule has 3 nitrogen and oxygen atoms in total. The van der Waals surface area contributed by atoms with E-state index in [-0.39, 0.29) is 44.8 Å². The van der Waals surface area contributed by atoms with Gasteiger partial charge in [-0.3, -0.25) is 0 Å². The first kappa shape index (κ1) is 29.1. The number of hydrogen-bond donors (Lipinski definition) is 1. The van der Waals surface area contributed by atoms with Gasteiger partial charge in [0.1, 0.15) is 11.5 Å². The zero-order valence-corrected chi connectivity index (χ0v) is 23.2. The Bertz CT molecular complexity index is 929. The largest absolute Gasteiger partial charge is 0.494 e. The predicted molar refractivity (Wildman–Crippen MR) is 125 cm³/mol. The monoisotopic (exact) mass is 743 g/mol. The van der Waals surface area contributed by atoms with Gasteiger partial charge in [-0.1, -0.05) is 15.9 Å². The van der Waals surface area contributed by atoms with Crippen molar-refractivity contribution >= 4 is 92.9 Å². The van der Waals surface area contributed by atoms with E-state index >= 15 is 0 Å². The van der Waals surface area contributed by atoms with Gasteiger partial charge < -0.3 is 15.2 Å². The standard InChI is InChI=1S/C8H6Br2F3NOS.C8H5Br2F3OS/c1-15-7-4(16-8(11,12)13)2-3(9)6(14)5(7)10;1-14-7-5(10)2-4(9)3-6(7)15-8(11,12)13/h2H,14H2,1H3;2-3H,1H3. The lowest BCUT2D eigenvalue weighted by molar-refractivity contribution is -0.0337. The lowest BCUT2D eigenvalue weighted by Gasteiger charge is -2.14. The van der Waals surface area contributed by atoms with E-state index in [9.17, 15) is 26.3 Å². The highest BCUT2D eigenvalue weighted by Crippen LogP contribution is 2.48. The Balaban J connectivity index is 0.000000311. The molecule has 2 N–H and O–H groups in total. The van der Waals surface area contributed by atoms with Gasteiger partial charge in [0.05, 0.1) is 38.6 Å². The number of nitrogen functional groups attached to an aromatic ring is 1. The van der Waals surface area contributed by atoms with E-state index in [0.717, 1.165) is 0 Å². The van der Waals surface area contributed by atoms with Crippen molar-refractivity contribution in [1.29, 1.82) is 0 Å². The summed E-state index contributed by atoms with van der Waals surface area (Å²) in [5, 5.41) is 0. The number of ether oxygens (including phenoxy) is 2. The molecule has 2 aromatic carbocycles. The van der Waals surface area contributed by atoms with Crippen LogP contribution >= 0.6 is 87.2 Å². The summed E-state index contributed by atoms with van der Waals surface area (Å²) in [5.41, 5.74) is -2.78. The first-order valence-electron chi connectivity index (χ1n) is 7.45. The minimum absolute atomic E-state index is 0.0197. The highest BCUT2D eigenvalue weighted by molar-refractivity contribution is 9.11. The molecule has 174 valence electrons. The van der Waals surface area contributed by atoms with E-state index in [1.165, 1.54) is 26.4 Å². The third-order valence-electron chi connectivity index (χ3n) is 3.01. The molecular formula is C16H11Br4F6NO2S2. The van der Waals surface area contributed by atoms with Gasteiger partial charge in [-0.25, -0.2) is 0 Å². The molecule has 0 fully saturated rings. The third kappa shape index (κ3) is 9.43. The number of nitrogens with two attached hydrogens (primary N) is 1. The van der Waals surface area contributed by atoms with Crippen molar-refractivity contribution in [2.24, 2.45) is 0 Å². The summed E-state index contributed by atoms with van der Waals surface area (Å²) in [6.07, 6.45) is 0. The number of halogens is 10. The lowest BCUT2D eigenvalue weighted by Crippen LogP contribution is -2.02. The molecule has 15 heteroatoms. The van der Waals surface area contributed by atoms with E-state index in [2.05, 4.69) is 63.7 Å². The zero-order valence-electron chi connectivity index (χ0n) is 15.2. The van der Waals surface area contributed by atoms with Crippen LogP contribution in [-0.2, 0) is 0 Å². The Morgan fingerprint density at radius 3 is 1.61 bits per heavy atom. The van der Waals surface area contributed by atoms with Gasteiger partial charge in [0.15, 0.2) is 0 Å². The van der Waals surface area contributed by atoms with Gasteiger partial charge in [0, 0.05) is 8.95 Å². The van der Waals surface area contributed by atoms with E-state index in [4.69, 9.17) is 15.2 Å². The average Bonchev–Trinajstić information content (AvgIpc) is 2.57. The van der Waals surface area contributed by atoms with Crippen LogP contribution in [-0.4, -0.2) is 25.2 Å². The first-order valence-corrected chi connectivity index (χ1v) is 12.3. The third-order valence-corrected chi connectivity index (χ3v) is 7.01. The second-order valence-corrected chi connectivity index (χ2v) is 10.8. The van der Waals surface area contributed by atoms with Crippen LogP contribution in [0, 0.1) is 0 Å². The maximum atomic E-state index is 12.3. The fourth-order valence-corrected chi connectivity index (χ4v) is 6.58. The summed E-state index contributed by atoms with van der Waals surface area (Å²) in [5.74, 6) is 0.253. The van der Waals surface area contributed by atoms with Crippen LogP contribution in [0.4, 0.5) is 32.0 Å². The van der Waals surface area contributed by atoms with Crippen molar-refractivity contribution in [3.05, 3.63) is 36.1 Å². The molecule has 0 bridgehead atoms. The fraction of sp³-hybridized carbons (Fsp3) is 0.250. The minimum Gasteiger partial charge on any atom is -0.494 e. The number of thioether (sulfide) groups is 2. The van der Waals surface area contributed by atoms with Crippen LogP contribution in [0.3, 0.4) is 0 Å². The number of methoxy groups -OCH3 is 2. The number of anilines is 1. The summed E-state index contributed by atoms with van der Waals surface area (Å²) < 4.78 is 84.9. The summed E-state index contributed by atoms with van der Waals surface area (Å²) in [6, 6.07) is 4.26. The molecule has 0 aromatic heterocycles. The van der Waals surface area contributed by atoms with Gasteiger partial charge in [0.2, 0.25) is 0 Å². The molecule has 0 aliphatic rings. The molecule has 0 unspecified atom stereocenters. The smallest absolute Gasteiger partial charge is 0.446 e. The maximum absolute atomic E-state index is 12.3. The van der Waals surface area contributed by atoms with Crippen molar-refractivity contribution in [3.63, 3.8) is 0 Å². The van der Waals surface area contributed by atoms with Crippen LogP contribution in [0.25, 0.3) is 0 Å². The molecule has 0 radical (unpaired) electrons. The number of rotatable bonds is 4. The molecule has 0 amide bonds. The Labute approximate surface area is 215 Å². The van der Waals surface area contributed by atoms with Crippen LogP contribution < -0.4 is 15.2 Å². The Hall–Kier alpha value is 0.0400. The van der Waals surface area contributed by atoms with Gasteiger partial charge >= 0.3 is 11.0 Å². The van der Waals surface area contributed by atoms with Crippen molar-refractivity contribution in [1.82, 2.24) is 0 Å². The topological polar surface area (TPSA) is 44.5 Å². The van der Waals surface area contributed by atoms with Gasteiger partial charge in [0.25, 0.3) is 0 Å². The Morgan fingerprint density at radius 2 is 1.19 bits per heavy atom. The van der Waals surface area contributed by atoms with E-state index < -0.39 is 11.0 Å². The molecule has 2 aromatic rings. The molecule has 0 atom stereocenters.